The zero-order valence-corrected chi connectivity index (χ0v) is 7.09. The predicted octanol–water partition coefficient (Wildman–Crippen LogP) is 0.777. The fraction of sp³-hybridized carbons (Fsp3) is 0.333. The van der Waals surface area contributed by atoms with Crippen LogP contribution in [-0.2, 0) is 0 Å². The highest BCUT2D eigenvalue weighted by molar-refractivity contribution is 5.24. The van der Waals surface area contributed by atoms with Crippen LogP contribution in [-0.4, -0.2) is 9.97 Å². The lowest BCUT2D eigenvalue weighted by molar-refractivity contribution is 0.866. The van der Waals surface area contributed by atoms with Gasteiger partial charge in [-0.3, -0.25) is 4.79 Å². The standard InChI is InChI=1S/C9H10N2O/c1-7(2)3-4-8-9(12)11-6-5-10-8/h5-7H,1-2H3,(H,11,12). The van der Waals surface area contributed by atoms with Gasteiger partial charge in [-0.25, -0.2) is 4.98 Å². The summed E-state index contributed by atoms with van der Waals surface area (Å²) in [4.78, 5) is 17.3. The quantitative estimate of drug-likeness (QED) is 0.573. The van der Waals surface area contributed by atoms with Gasteiger partial charge in [0.2, 0.25) is 0 Å². The first-order valence-electron chi connectivity index (χ1n) is 3.75. The van der Waals surface area contributed by atoms with Gasteiger partial charge in [0.05, 0.1) is 0 Å². The van der Waals surface area contributed by atoms with Crippen LogP contribution in [0.15, 0.2) is 17.2 Å². The van der Waals surface area contributed by atoms with Crippen molar-refractivity contribution in [2.24, 2.45) is 5.92 Å². The molecule has 1 aromatic rings. The second-order valence-electron chi connectivity index (χ2n) is 2.69. The molecule has 0 aromatic carbocycles. The highest BCUT2D eigenvalue weighted by Gasteiger charge is 1.92. The molecule has 0 aliphatic heterocycles. The second-order valence-corrected chi connectivity index (χ2v) is 2.69. The Hall–Kier alpha value is -1.56. The Morgan fingerprint density at radius 1 is 1.58 bits per heavy atom. The largest absolute Gasteiger partial charge is 0.325 e. The fourth-order valence-corrected chi connectivity index (χ4v) is 0.653. The molecule has 1 heterocycles. The summed E-state index contributed by atoms with van der Waals surface area (Å²) in [7, 11) is 0. The van der Waals surface area contributed by atoms with Gasteiger partial charge in [0.25, 0.3) is 5.56 Å². The van der Waals surface area contributed by atoms with Gasteiger partial charge in [0.1, 0.15) is 0 Å². The van der Waals surface area contributed by atoms with Crippen LogP contribution in [0.1, 0.15) is 19.5 Å². The maximum absolute atomic E-state index is 11.0. The molecule has 3 nitrogen and oxygen atoms in total. The average Bonchev–Trinajstić information content (AvgIpc) is 2.03. The van der Waals surface area contributed by atoms with Crippen molar-refractivity contribution in [2.75, 3.05) is 0 Å². The topological polar surface area (TPSA) is 45.8 Å². The van der Waals surface area contributed by atoms with Gasteiger partial charge in [-0.05, 0) is 5.92 Å². The van der Waals surface area contributed by atoms with Gasteiger partial charge >= 0.3 is 0 Å². The van der Waals surface area contributed by atoms with E-state index < -0.39 is 0 Å². The Balaban J connectivity index is 3.00. The van der Waals surface area contributed by atoms with E-state index in [4.69, 9.17) is 0 Å². The Morgan fingerprint density at radius 2 is 2.33 bits per heavy atom. The molecule has 1 aromatic heterocycles. The Morgan fingerprint density at radius 3 is 2.92 bits per heavy atom. The molecule has 0 saturated carbocycles. The highest BCUT2D eigenvalue weighted by atomic mass is 16.1. The third-order valence-electron chi connectivity index (χ3n) is 1.19. The minimum atomic E-state index is -0.231. The Bertz CT molecular complexity index is 368. The van der Waals surface area contributed by atoms with Crippen LogP contribution in [0.4, 0.5) is 0 Å². The minimum Gasteiger partial charge on any atom is -0.325 e. The van der Waals surface area contributed by atoms with E-state index in [2.05, 4.69) is 21.8 Å². The maximum atomic E-state index is 11.0. The molecule has 0 aliphatic carbocycles. The number of nitrogens with one attached hydrogen (secondary N) is 1. The van der Waals surface area contributed by atoms with E-state index >= 15 is 0 Å². The summed E-state index contributed by atoms with van der Waals surface area (Å²) in [5.74, 6) is 5.83. The van der Waals surface area contributed by atoms with Crippen molar-refractivity contribution >= 4 is 0 Å². The fourth-order valence-electron chi connectivity index (χ4n) is 0.653. The van der Waals surface area contributed by atoms with Gasteiger partial charge in [-0.1, -0.05) is 19.8 Å². The van der Waals surface area contributed by atoms with E-state index in [-0.39, 0.29) is 17.2 Å². The van der Waals surface area contributed by atoms with Crippen molar-refractivity contribution in [2.45, 2.75) is 13.8 Å². The third-order valence-corrected chi connectivity index (χ3v) is 1.19. The van der Waals surface area contributed by atoms with Crippen LogP contribution in [0.3, 0.4) is 0 Å². The first-order valence-corrected chi connectivity index (χ1v) is 3.75. The van der Waals surface area contributed by atoms with Crippen molar-refractivity contribution in [3.8, 4) is 11.8 Å². The molecule has 12 heavy (non-hydrogen) atoms. The number of hydrogen-bond donors (Lipinski definition) is 1. The maximum Gasteiger partial charge on any atom is 0.282 e. The number of nitrogens with zero attached hydrogens (tertiary/aromatic N) is 1. The van der Waals surface area contributed by atoms with E-state index in [0.717, 1.165) is 0 Å². The summed E-state index contributed by atoms with van der Waals surface area (Å²) in [5, 5.41) is 0. The smallest absolute Gasteiger partial charge is 0.282 e. The van der Waals surface area contributed by atoms with Gasteiger partial charge in [-0.15, -0.1) is 0 Å². The molecule has 0 saturated heterocycles. The van der Waals surface area contributed by atoms with Crippen LogP contribution in [0, 0.1) is 17.8 Å². The van der Waals surface area contributed by atoms with Crippen molar-refractivity contribution in [1.29, 1.82) is 0 Å². The molecule has 0 atom stereocenters. The first-order chi connectivity index (χ1) is 5.70. The molecule has 3 heteroatoms. The molecule has 0 amide bonds. The summed E-state index contributed by atoms with van der Waals surface area (Å²) in [6, 6.07) is 0. The average molecular weight is 162 g/mol. The normalized spacial score (nSPS) is 9.25. The van der Waals surface area contributed by atoms with E-state index in [1.165, 1.54) is 12.4 Å². The number of rotatable bonds is 0. The van der Waals surface area contributed by atoms with Crippen molar-refractivity contribution in [3.63, 3.8) is 0 Å². The molecule has 0 bridgehead atoms. The highest BCUT2D eigenvalue weighted by Crippen LogP contribution is 1.87. The lowest BCUT2D eigenvalue weighted by Gasteiger charge is -1.88. The molecule has 1 N–H and O–H groups in total. The molecular formula is C9H10N2O. The number of aromatic nitrogens is 2. The SMILES string of the molecule is CC(C)C#Cc1ncc[nH]c1=O. The first kappa shape index (κ1) is 8.54. The number of aromatic amines is 1. The summed E-state index contributed by atoms with van der Waals surface area (Å²) in [6.45, 7) is 3.92. The summed E-state index contributed by atoms with van der Waals surface area (Å²) < 4.78 is 0. The minimum absolute atomic E-state index is 0.231. The zero-order chi connectivity index (χ0) is 8.97. The molecular weight excluding hydrogens is 152 g/mol. The Kier molecular flexibility index (Phi) is 2.65. The van der Waals surface area contributed by atoms with Gasteiger partial charge in [0.15, 0.2) is 5.69 Å². The van der Waals surface area contributed by atoms with Crippen molar-refractivity contribution in [3.05, 3.63) is 28.4 Å². The van der Waals surface area contributed by atoms with Crippen LogP contribution < -0.4 is 5.56 Å². The molecule has 0 fully saturated rings. The van der Waals surface area contributed by atoms with Crippen LogP contribution in [0.5, 0.6) is 0 Å². The second kappa shape index (κ2) is 3.72. The lowest BCUT2D eigenvalue weighted by atomic mass is 10.2. The van der Waals surface area contributed by atoms with Gasteiger partial charge in [0, 0.05) is 18.3 Å². The lowest BCUT2D eigenvalue weighted by Crippen LogP contribution is -2.10. The predicted molar refractivity (Wildman–Crippen MR) is 46.6 cm³/mol. The molecule has 62 valence electrons. The third kappa shape index (κ3) is 2.24. The van der Waals surface area contributed by atoms with Crippen LogP contribution in [0.25, 0.3) is 0 Å². The monoisotopic (exact) mass is 162 g/mol. The van der Waals surface area contributed by atoms with E-state index in [1.807, 2.05) is 13.8 Å². The van der Waals surface area contributed by atoms with E-state index in [9.17, 15) is 4.79 Å². The van der Waals surface area contributed by atoms with Gasteiger partial charge < -0.3 is 4.98 Å². The van der Waals surface area contributed by atoms with Gasteiger partial charge in [-0.2, -0.15) is 0 Å². The Labute approximate surface area is 70.9 Å². The van der Waals surface area contributed by atoms with Crippen LogP contribution >= 0.6 is 0 Å². The molecule has 0 unspecified atom stereocenters. The zero-order valence-electron chi connectivity index (χ0n) is 7.09. The molecule has 1 rings (SSSR count). The van der Waals surface area contributed by atoms with E-state index in [0.29, 0.717) is 0 Å². The molecule has 0 radical (unpaired) electrons. The summed E-state index contributed by atoms with van der Waals surface area (Å²) in [6.07, 6.45) is 3.01. The molecule has 0 spiro atoms. The van der Waals surface area contributed by atoms with E-state index in [1.54, 1.807) is 0 Å². The van der Waals surface area contributed by atoms with Crippen LogP contribution in [0.2, 0.25) is 0 Å². The summed E-state index contributed by atoms with van der Waals surface area (Å²) >= 11 is 0. The molecule has 0 aliphatic rings. The number of hydrogen-bond acceptors (Lipinski definition) is 2. The summed E-state index contributed by atoms with van der Waals surface area (Å²) in [5.41, 5.74) is 0.0526. The van der Waals surface area contributed by atoms with Crippen molar-refractivity contribution in [1.82, 2.24) is 9.97 Å². The number of H-pyrrole nitrogens is 1. The van der Waals surface area contributed by atoms with Crippen molar-refractivity contribution < 1.29 is 0 Å².